The Bertz CT molecular complexity index is 3140. The topological polar surface area (TPSA) is 827 Å². The van der Waals surface area contributed by atoms with Crippen LogP contribution in [0.2, 0.25) is 0 Å². The standard InChI is InChI=1S/C65H110N4O48/c1-16-34(84)44(94)47(97)59(104-16)115-55-53(113-58-33(68-20(5)79)51(40(90)27(11-74)107-58)112-61-49(99)46(96)39(89)26(10-73)108-61)41(91)28(12-75)109-62(55)114-54-42(92)29(15-102-57-32(67-19(4)78)43(93)38(88)25(9-72)106-57)110-63(56(54)116-60-48(98)45(95)35(85)17(2)105-60)111-50(21(7-70)66-18(3)77)37(87)24(82)14-103-65(64(100)101)6-22(80)31(69-30(83)13-76)52(117-65)36(86)23(81)8-71/h16-17,21-29,31-63,70-76,80-82,84-99H,6-15H2,1-5H3,(H,66,77)(H,67,78)(H,68,79)(H,69,83)(H,100,101)/t16-,17-,21-,22-,23+,24+,25+,26+,27+,28+,29+,31+,32+,33+,34+,35+,36+,37-,38+,39-,40-,41-,42-,43+,44+,45+,46-,47-,48-,49+,50+,51+,52+,53-,54-,55+,56+,57+,58+,59-,60-,61+,62-,63-,65+/m0/s1. The number of hydrogen-bond acceptors (Lipinski definition) is 47. The molecule has 8 heterocycles. The highest BCUT2D eigenvalue weighted by Crippen LogP contribution is 2.41. The fourth-order valence-corrected chi connectivity index (χ4v) is 14.5. The second-order valence-corrected chi connectivity index (χ2v) is 29.4. The molecule has 8 aliphatic heterocycles. The molecule has 0 spiro atoms. The van der Waals surface area contributed by atoms with Crippen molar-refractivity contribution in [1.29, 1.82) is 0 Å². The molecular formula is C65H110N4O48. The third-order valence-corrected chi connectivity index (χ3v) is 21.0. The lowest BCUT2D eigenvalue weighted by Gasteiger charge is -2.52. The minimum absolute atomic E-state index is 0.836. The summed E-state index contributed by atoms with van der Waals surface area (Å²) in [5.41, 5.74) is 0. The molecule has 117 heavy (non-hydrogen) atoms. The van der Waals surface area contributed by atoms with Crippen molar-refractivity contribution < 1.29 is 238 Å². The van der Waals surface area contributed by atoms with E-state index in [2.05, 4.69) is 21.3 Å². The molecule has 0 aromatic heterocycles. The molecule has 8 aliphatic rings. The fourth-order valence-electron chi connectivity index (χ4n) is 14.5. The Balaban J connectivity index is 1.30. The van der Waals surface area contributed by atoms with Crippen LogP contribution < -0.4 is 21.3 Å². The van der Waals surface area contributed by atoms with E-state index in [1.54, 1.807) is 0 Å². The Morgan fingerprint density at radius 1 is 0.427 bits per heavy atom. The molecule has 0 radical (unpaired) electrons. The summed E-state index contributed by atoms with van der Waals surface area (Å²) in [6, 6.07) is -7.92. The number of aliphatic carboxylic acids is 1. The van der Waals surface area contributed by atoms with Crippen molar-refractivity contribution in [1.82, 2.24) is 21.3 Å². The van der Waals surface area contributed by atoms with E-state index in [0.717, 1.165) is 34.6 Å². The van der Waals surface area contributed by atoms with Gasteiger partial charge in [0, 0.05) is 27.2 Å². The largest absolute Gasteiger partial charge is 0.477 e. The van der Waals surface area contributed by atoms with Crippen LogP contribution >= 0.6 is 0 Å². The first kappa shape index (κ1) is 98.1. The second kappa shape index (κ2) is 42.8. The summed E-state index contributed by atoms with van der Waals surface area (Å²) >= 11 is 0. The Hall–Kier alpha value is -4.33. The van der Waals surface area contributed by atoms with Crippen molar-refractivity contribution in [2.75, 3.05) is 59.5 Å². The van der Waals surface area contributed by atoms with Gasteiger partial charge in [-0.3, -0.25) is 19.2 Å². The molecule has 678 valence electrons. The predicted molar refractivity (Wildman–Crippen MR) is 361 cm³/mol. The number of carbonyl (C=O) groups is 5. The van der Waals surface area contributed by atoms with Gasteiger partial charge < -0.3 is 235 Å². The lowest BCUT2D eigenvalue weighted by atomic mass is 9.88. The summed E-state index contributed by atoms with van der Waals surface area (Å²) in [5, 5.41) is 310. The second-order valence-electron chi connectivity index (χ2n) is 29.4. The number of hydrogen-bond donors (Lipinski definition) is 31. The van der Waals surface area contributed by atoms with Crippen LogP contribution in [0.4, 0.5) is 0 Å². The van der Waals surface area contributed by atoms with Gasteiger partial charge in [0.2, 0.25) is 23.6 Å². The van der Waals surface area contributed by atoms with Crippen LogP contribution in [0.1, 0.15) is 41.0 Å². The summed E-state index contributed by atoms with van der Waals surface area (Å²) < 4.78 is 96.9. The fraction of sp³-hybridized carbons (Fsp3) is 0.923. The zero-order chi connectivity index (χ0) is 87.0. The van der Waals surface area contributed by atoms with Crippen molar-refractivity contribution >= 4 is 29.6 Å². The van der Waals surface area contributed by atoms with Crippen LogP contribution in [0.3, 0.4) is 0 Å². The highest BCUT2D eigenvalue weighted by Gasteiger charge is 2.62. The highest BCUT2D eigenvalue weighted by molar-refractivity contribution is 5.78. The quantitative estimate of drug-likeness (QED) is 0.0280. The molecular weight excluding hydrogens is 1600 g/mol. The molecule has 8 saturated heterocycles. The van der Waals surface area contributed by atoms with E-state index in [0.29, 0.717) is 0 Å². The first-order valence-electron chi connectivity index (χ1n) is 37.1. The zero-order valence-electron chi connectivity index (χ0n) is 63.1. The van der Waals surface area contributed by atoms with Crippen molar-refractivity contribution in [2.45, 2.75) is 316 Å². The van der Waals surface area contributed by atoms with Gasteiger partial charge in [0.1, 0.15) is 202 Å². The average molecular weight is 1720 g/mol. The summed E-state index contributed by atoms with van der Waals surface area (Å²) in [6.45, 7) is -6.44. The molecule has 8 fully saturated rings. The molecule has 4 amide bonds. The molecule has 52 heteroatoms. The number of nitrogens with one attached hydrogen (secondary N) is 4. The van der Waals surface area contributed by atoms with Gasteiger partial charge in [-0.05, 0) is 13.8 Å². The number of rotatable bonds is 35. The van der Waals surface area contributed by atoms with Crippen molar-refractivity contribution in [3.8, 4) is 0 Å². The molecule has 0 aliphatic carbocycles. The van der Waals surface area contributed by atoms with Gasteiger partial charge >= 0.3 is 5.97 Å². The maximum Gasteiger partial charge on any atom is 0.364 e. The number of carboxylic acid groups (broad SMARTS) is 1. The van der Waals surface area contributed by atoms with Gasteiger partial charge in [-0.2, -0.15) is 0 Å². The maximum absolute atomic E-state index is 13.3. The maximum atomic E-state index is 13.3. The van der Waals surface area contributed by atoms with Gasteiger partial charge in [-0.25, -0.2) is 4.79 Å². The lowest BCUT2D eigenvalue weighted by molar-refractivity contribution is -0.417. The molecule has 0 saturated carbocycles. The normalized spacial score (nSPS) is 45.0. The van der Waals surface area contributed by atoms with Crippen LogP contribution in [-0.2, 0) is 99.8 Å². The van der Waals surface area contributed by atoms with E-state index in [-0.39, 0.29) is 0 Å². The van der Waals surface area contributed by atoms with Crippen LogP contribution in [0, 0.1) is 0 Å². The van der Waals surface area contributed by atoms with Crippen molar-refractivity contribution in [3.05, 3.63) is 0 Å². The smallest absolute Gasteiger partial charge is 0.364 e. The van der Waals surface area contributed by atoms with Crippen molar-refractivity contribution in [3.63, 3.8) is 0 Å². The average Bonchev–Trinajstić information content (AvgIpc) is 0.763. The number of amides is 4. The predicted octanol–water partition coefficient (Wildman–Crippen LogP) is -20.2. The minimum Gasteiger partial charge on any atom is -0.477 e. The van der Waals surface area contributed by atoms with Gasteiger partial charge in [0.15, 0.2) is 44.0 Å². The SMILES string of the molecule is CC(=O)N[C@H]1[C@H](OC[C@H]2O[C@@H](O[C@@H]([C@@H](O)[C@H](O)CO[C@]3(C(=O)O)C[C@H](O)[C@@H](NC(=O)CO)[C@H]([C@H](O)[C@H](O)CO)O3)[C@H](CO)NC(C)=O)[C@H](O[C@@H]3O[C@@H](C)[C@@H](O)[C@@H](O)[C@@H]3O)[C@@H](O[C@@H]3O[C@H](CO)[C@H](O)[C@H](O[C@H]4O[C@H](CO)[C@H](O)[C@H](O[C@H]5O[C@H](CO)[C@H](O)[C@H](O)[C@H]5O)[C@H]4NC(C)=O)[C@H]3O[C@@H]3O[C@@H](C)[C@@H](O)[C@@H](O)[C@@H]3O)[C@H]2O)O[C@H](CO)[C@@H](O)[C@@H]1O. The number of carbonyl (C=O) groups excluding carboxylic acids is 4. The van der Waals surface area contributed by atoms with Crippen LogP contribution in [0.25, 0.3) is 0 Å². The van der Waals surface area contributed by atoms with Gasteiger partial charge in [0.05, 0.1) is 83.3 Å². The third kappa shape index (κ3) is 22.4. The minimum atomic E-state index is -3.33. The summed E-state index contributed by atoms with van der Waals surface area (Å²) in [7, 11) is 0. The molecule has 52 nitrogen and oxygen atoms in total. The number of aliphatic hydroxyl groups is 26. The highest BCUT2D eigenvalue weighted by atomic mass is 16.8. The first-order chi connectivity index (χ1) is 55.1. The molecule has 0 aromatic rings. The van der Waals surface area contributed by atoms with E-state index in [9.17, 15) is 162 Å². The third-order valence-electron chi connectivity index (χ3n) is 21.0. The molecule has 45 atom stereocenters. The van der Waals surface area contributed by atoms with E-state index < -0.39 is 371 Å². The van der Waals surface area contributed by atoms with E-state index >= 15 is 0 Å². The summed E-state index contributed by atoms with van der Waals surface area (Å²) in [6.07, 6.45) is -91.3. The Morgan fingerprint density at radius 2 is 0.855 bits per heavy atom. The van der Waals surface area contributed by atoms with E-state index in [1.807, 2.05) is 0 Å². The number of ether oxygens (including phenoxy) is 16. The Morgan fingerprint density at radius 3 is 1.35 bits per heavy atom. The lowest BCUT2D eigenvalue weighted by Crippen LogP contribution is -2.71. The van der Waals surface area contributed by atoms with Crippen LogP contribution in [0.5, 0.6) is 0 Å². The van der Waals surface area contributed by atoms with E-state index in [4.69, 9.17) is 75.8 Å². The van der Waals surface area contributed by atoms with Gasteiger partial charge in [-0.15, -0.1) is 0 Å². The molecule has 0 bridgehead atoms. The van der Waals surface area contributed by atoms with Crippen LogP contribution in [0.15, 0.2) is 0 Å². The van der Waals surface area contributed by atoms with Crippen molar-refractivity contribution in [2.24, 2.45) is 0 Å². The van der Waals surface area contributed by atoms with Gasteiger partial charge in [-0.1, -0.05) is 0 Å². The van der Waals surface area contributed by atoms with Crippen LogP contribution in [-0.4, -0.2) is 502 Å². The molecule has 0 unspecified atom stereocenters. The number of carboxylic acids is 1. The molecule has 31 N–H and O–H groups in total. The molecule has 0 aromatic carbocycles. The molecule has 8 rings (SSSR count). The Kier molecular flexibility index (Phi) is 35.9. The zero-order valence-corrected chi connectivity index (χ0v) is 63.1. The number of aliphatic hydroxyl groups excluding tert-OH is 26. The van der Waals surface area contributed by atoms with Gasteiger partial charge in [0.25, 0.3) is 5.79 Å². The Labute approximate surface area is 662 Å². The summed E-state index contributed by atoms with van der Waals surface area (Å²) in [4.78, 5) is 64.9. The van der Waals surface area contributed by atoms with E-state index in [1.165, 1.54) is 0 Å². The summed E-state index contributed by atoms with van der Waals surface area (Å²) in [5.74, 6) is -9.81. The monoisotopic (exact) mass is 1710 g/mol. The first-order valence-corrected chi connectivity index (χ1v) is 37.1.